The van der Waals surface area contributed by atoms with Gasteiger partial charge in [-0.3, -0.25) is 14.8 Å². The maximum Gasteiger partial charge on any atom is 0.263 e. The van der Waals surface area contributed by atoms with Crippen molar-refractivity contribution < 1.29 is 27.2 Å². The van der Waals surface area contributed by atoms with Crippen LogP contribution < -0.4 is 24.8 Å². The predicted molar refractivity (Wildman–Crippen MR) is 146 cm³/mol. The number of sulfonamides is 1. The molecule has 1 amide bonds. The van der Waals surface area contributed by atoms with Crippen molar-refractivity contribution in [1.29, 1.82) is 0 Å². The minimum Gasteiger partial charge on any atom is -0.490 e. The number of hydrogen-bond donors (Lipinski definition) is 3. The second-order valence-corrected chi connectivity index (χ2v) is 9.99. The van der Waals surface area contributed by atoms with E-state index < -0.39 is 15.9 Å². The van der Waals surface area contributed by atoms with Gasteiger partial charge in [-0.1, -0.05) is 29.4 Å². The van der Waals surface area contributed by atoms with E-state index in [9.17, 15) is 13.2 Å². The number of nitrogens with one attached hydrogen (secondary N) is 3. The Hall–Kier alpha value is -4.42. The van der Waals surface area contributed by atoms with Gasteiger partial charge in [0.15, 0.2) is 10.9 Å². The first-order chi connectivity index (χ1) is 18.3. The van der Waals surface area contributed by atoms with Crippen molar-refractivity contribution in [3.63, 3.8) is 0 Å². The summed E-state index contributed by atoms with van der Waals surface area (Å²) in [6.07, 6.45) is 0. The molecule has 1 aromatic heterocycles. The Balaban J connectivity index is 1.27. The third-order valence-electron chi connectivity index (χ3n) is 4.98. The van der Waals surface area contributed by atoms with Crippen LogP contribution in [0.1, 0.15) is 16.1 Å². The Morgan fingerprint density at radius 1 is 0.921 bits per heavy atom. The fourth-order valence-electron chi connectivity index (χ4n) is 3.23. The van der Waals surface area contributed by atoms with Gasteiger partial charge in [-0.15, -0.1) is 0 Å². The number of carbonyl (C=O) groups excluding carboxylic acids is 1. The van der Waals surface area contributed by atoms with Gasteiger partial charge in [0.05, 0.1) is 4.90 Å². The van der Waals surface area contributed by atoms with Crippen LogP contribution in [0.25, 0.3) is 0 Å². The van der Waals surface area contributed by atoms with Crippen molar-refractivity contribution in [1.82, 2.24) is 10.5 Å². The molecule has 4 rings (SSSR count). The van der Waals surface area contributed by atoms with E-state index in [1.165, 1.54) is 30.3 Å². The average molecular weight is 553 g/mol. The van der Waals surface area contributed by atoms with Gasteiger partial charge in [-0.2, -0.15) is 0 Å². The van der Waals surface area contributed by atoms with E-state index in [-0.39, 0.29) is 15.8 Å². The lowest BCUT2D eigenvalue weighted by Gasteiger charge is -2.12. The van der Waals surface area contributed by atoms with Crippen LogP contribution >= 0.6 is 12.2 Å². The Morgan fingerprint density at radius 3 is 2.29 bits per heavy atom. The molecule has 0 saturated heterocycles. The summed E-state index contributed by atoms with van der Waals surface area (Å²) in [6.45, 7) is 2.31. The molecule has 0 unspecified atom stereocenters. The molecular weight excluding hydrogens is 528 g/mol. The smallest absolute Gasteiger partial charge is 0.263 e. The second kappa shape index (κ2) is 12.2. The van der Waals surface area contributed by atoms with Crippen LogP contribution in [0.4, 0.5) is 11.5 Å². The lowest BCUT2D eigenvalue weighted by Crippen LogP contribution is -2.34. The molecule has 196 valence electrons. The first-order valence-corrected chi connectivity index (χ1v) is 13.3. The maximum absolute atomic E-state index is 12.7. The van der Waals surface area contributed by atoms with Crippen LogP contribution in [0.2, 0.25) is 0 Å². The Bertz CT molecular complexity index is 1510. The number of aryl methyl sites for hydroxylation is 1. The van der Waals surface area contributed by atoms with Crippen LogP contribution in [-0.2, 0) is 10.0 Å². The van der Waals surface area contributed by atoms with Crippen molar-refractivity contribution in [3.8, 4) is 11.5 Å². The number of hydrogen-bond acceptors (Lipinski definition) is 8. The number of anilines is 2. The molecule has 0 saturated carbocycles. The summed E-state index contributed by atoms with van der Waals surface area (Å²) in [7, 11) is -3.85. The number of para-hydroxylation sites is 1. The Kier molecular flexibility index (Phi) is 8.56. The molecule has 0 radical (unpaired) electrons. The Morgan fingerprint density at radius 2 is 1.61 bits per heavy atom. The highest BCUT2D eigenvalue weighted by molar-refractivity contribution is 7.92. The van der Waals surface area contributed by atoms with Crippen molar-refractivity contribution in [2.75, 3.05) is 23.3 Å². The maximum atomic E-state index is 12.7. The summed E-state index contributed by atoms with van der Waals surface area (Å²) in [4.78, 5) is 12.7. The summed E-state index contributed by atoms with van der Waals surface area (Å²) in [5, 5.41) is 9.12. The minimum absolute atomic E-state index is 0.0182. The molecule has 0 aliphatic carbocycles. The summed E-state index contributed by atoms with van der Waals surface area (Å²) >= 11 is 5.23. The fraction of sp³-hybridized carbons (Fsp3) is 0.115. The van der Waals surface area contributed by atoms with Crippen LogP contribution in [-0.4, -0.2) is 37.8 Å². The van der Waals surface area contributed by atoms with E-state index in [2.05, 4.69) is 20.5 Å². The molecule has 3 aromatic carbocycles. The zero-order valence-electron chi connectivity index (χ0n) is 20.2. The number of benzene rings is 3. The van der Waals surface area contributed by atoms with Crippen LogP contribution in [0, 0.1) is 6.92 Å². The van der Waals surface area contributed by atoms with E-state index >= 15 is 0 Å². The molecule has 3 N–H and O–H groups in total. The number of amides is 1. The van der Waals surface area contributed by atoms with Gasteiger partial charge in [-0.05, 0) is 73.7 Å². The normalized spacial score (nSPS) is 10.9. The van der Waals surface area contributed by atoms with Crippen molar-refractivity contribution in [2.45, 2.75) is 11.8 Å². The number of carbonyl (C=O) groups is 1. The van der Waals surface area contributed by atoms with Crippen LogP contribution in [0.15, 0.2) is 94.3 Å². The van der Waals surface area contributed by atoms with Crippen molar-refractivity contribution >= 4 is 44.8 Å². The molecule has 1 heterocycles. The van der Waals surface area contributed by atoms with E-state index in [0.717, 1.165) is 5.75 Å². The topological polar surface area (TPSA) is 132 Å². The van der Waals surface area contributed by atoms with Crippen LogP contribution in [0.3, 0.4) is 0 Å². The second-order valence-electron chi connectivity index (χ2n) is 7.90. The van der Waals surface area contributed by atoms with Gasteiger partial charge < -0.3 is 19.3 Å². The van der Waals surface area contributed by atoms with E-state index in [1.54, 1.807) is 31.2 Å². The predicted octanol–water partition coefficient (Wildman–Crippen LogP) is 4.37. The number of ether oxygens (including phenoxy) is 2. The summed E-state index contributed by atoms with van der Waals surface area (Å²) in [6, 6.07) is 23.4. The molecule has 4 aromatic rings. The highest BCUT2D eigenvalue weighted by Crippen LogP contribution is 2.19. The largest absolute Gasteiger partial charge is 0.490 e. The van der Waals surface area contributed by atoms with Crippen molar-refractivity contribution in [3.05, 3.63) is 96.3 Å². The van der Waals surface area contributed by atoms with Crippen molar-refractivity contribution in [2.24, 2.45) is 0 Å². The first-order valence-electron chi connectivity index (χ1n) is 11.4. The lowest BCUT2D eigenvalue weighted by molar-refractivity contribution is 0.0977. The molecule has 0 aliphatic heterocycles. The Labute approximate surface area is 225 Å². The highest BCUT2D eigenvalue weighted by atomic mass is 32.2. The molecule has 0 atom stereocenters. The monoisotopic (exact) mass is 552 g/mol. The molecule has 0 aliphatic rings. The number of thiocarbonyl (C=S) groups is 1. The first kappa shape index (κ1) is 26.6. The van der Waals surface area contributed by atoms with E-state index in [4.69, 9.17) is 26.2 Å². The third-order valence-corrected chi connectivity index (χ3v) is 6.55. The van der Waals surface area contributed by atoms with E-state index in [1.807, 2.05) is 30.3 Å². The highest BCUT2D eigenvalue weighted by Gasteiger charge is 2.16. The fourth-order valence-corrected chi connectivity index (χ4v) is 4.42. The zero-order valence-corrected chi connectivity index (χ0v) is 21.8. The quantitative estimate of drug-likeness (QED) is 0.194. The molecule has 12 heteroatoms. The molecule has 0 spiro atoms. The number of aromatic nitrogens is 1. The van der Waals surface area contributed by atoms with Gasteiger partial charge >= 0.3 is 0 Å². The van der Waals surface area contributed by atoms with Gasteiger partial charge in [0.25, 0.3) is 15.9 Å². The lowest BCUT2D eigenvalue weighted by atomic mass is 10.2. The molecule has 38 heavy (non-hydrogen) atoms. The zero-order chi connectivity index (χ0) is 27.0. The number of nitrogens with zero attached hydrogens (tertiary/aromatic N) is 1. The number of rotatable bonds is 10. The molecule has 0 fully saturated rings. The minimum atomic E-state index is -3.85. The van der Waals surface area contributed by atoms with E-state index in [0.29, 0.717) is 36.0 Å². The molecule has 0 bridgehead atoms. The summed E-state index contributed by atoms with van der Waals surface area (Å²) in [5.74, 6) is 1.40. The standard InChI is InChI=1S/C26H24N4O6S2/c1-18-16-24(29-36-18)30-38(32,33)23-12-10-20(11-13-23)27-26(37)28-25(31)19-6-5-9-22(17-19)35-15-14-34-21-7-3-2-4-8-21/h2-13,16-17H,14-15H2,1H3,(H,29,30)(H2,27,28,31,37). The van der Waals surface area contributed by atoms with Gasteiger partial charge in [-0.25, -0.2) is 8.42 Å². The SMILES string of the molecule is Cc1cc(NS(=O)(=O)c2ccc(NC(=S)NC(=O)c3cccc(OCCOc4ccccc4)c3)cc2)no1. The van der Waals surface area contributed by atoms with Gasteiger partial charge in [0.2, 0.25) is 0 Å². The average Bonchev–Trinajstić information content (AvgIpc) is 3.31. The molecular formula is C26H24N4O6S2. The molecule has 10 nitrogen and oxygen atoms in total. The third kappa shape index (κ3) is 7.54. The van der Waals surface area contributed by atoms with Gasteiger partial charge in [0, 0.05) is 17.3 Å². The summed E-state index contributed by atoms with van der Waals surface area (Å²) < 4.78 is 43.5. The van der Waals surface area contributed by atoms with Gasteiger partial charge in [0.1, 0.15) is 30.5 Å². The van der Waals surface area contributed by atoms with Crippen LogP contribution in [0.5, 0.6) is 11.5 Å². The summed E-state index contributed by atoms with van der Waals surface area (Å²) in [5.41, 5.74) is 0.841.